The monoisotopic (exact) mass is 358 g/mol. The Balaban J connectivity index is 2.02. The van der Waals surface area contributed by atoms with Crippen LogP contribution in [-0.2, 0) is 13.0 Å². The largest absolute Gasteiger partial charge is 0.333 e. The van der Waals surface area contributed by atoms with Crippen LogP contribution in [0.3, 0.4) is 0 Å². The summed E-state index contributed by atoms with van der Waals surface area (Å²) >= 11 is 3.33. The molecule has 4 nitrogen and oxygen atoms in total. The van der Waals surface area contributed by atoms with Crippen LogP contribution in [0.1, 0.15) is 17.4 Å². The number of nitrogens with one attached hydrogen (secondary N) is 1. The van der Waals surface area contributed by atoms with Crippen LogP contribution < -0.4 is 10.5 Å². The van der Waals surface area contributed by atoms with Crippen molar-refractivity contribution < 1.29 is 4.90 Å². The third kappa shape index (κ3) is 2.59. The molecule has 2 aromatic heterocycles. The molecule has 1 aliphatic heterocycles. The van der Waals surface area contributed by atoms with Gasteiger partial charge in [-0.3, -0.25) is 9.36 Å². The van der Waals surface area contributed by atoms with Crippen LogP contribution in [0, 0.1) is 0 Å². The third-order valence-corrected chi connectivity index (χ3v) is 6.38. The molecule has 1 aliphatic rings. The summed E-state index contributed by atoms with van der Waals surface area (Å²) < 4.78 is 1.79. The van der Waals surface area contributed by atoms with Crippen LogP contribution in [-0.4, -0.2) is 28.9 Å². The minimum absolute atomic E-state index is 0.0826. The van der Waals surface area contributed by atoms with Crippen molar-refractivity contribution in [2.45, 2.75) is 25.0 Å². The molecule has 1 aromatic carbocycles. The van der Waals surface area contributed by atoms with E-state index in [4.69, 9.17) is 4.98 Å². The number of benzene rings is 1. The van der Waals surface area contributed by atoms with Gasteiger partial charge in [-0.15, -0.1) is 11.3 Å². The Kier molecular flexibility index (Phi) is 4.20. The van der Waals surface area contributed by atoms with Gasteiger partial charge in [0, 0.05) is 6.42 Å². The predicted molar refractivity (Wildman–Crippen MR) is 101 cm³/mol. The fourth-order valence-corrected chi connectivity index (χ4v) is 5.38. The van der Waals surface area contributed by atoms with E-state index < -0.39 is 0 Å². The Bertz CT molecular complexity index is 946. The molecule has 124 valence electrons. The predicted octanol–water partition coefficient (Wildman–Crippen LogP) is 2.13. The summed E-state index contributed by atoms with van der Waals surface area (Å²) in [6.07, 6.45) is 0.965. The topological polar surface area (TPSA) is 39.3 Å². The summed E-state index contributed by atoms with van der Waals surface area (Å²) in [6.45, 7) is 4.17. The first-order valence-electron chi connectivity index (χ1n) is 8.26. The molecule has 0 saturated heterocycles. The van der Waals surface area contributed by atoms with Crippen LogP contribution in [0.15, 0.2) is 40.3 Å². The highest BCUT2D eigenvalue weighted by Crippen LogP contribution is 2.31. The molecule has 1 unspecified atom stereocenters. The molecule has 0 fully saturated rings. The quantitative estimate of drug-likeness (QED) is 0.576. The van der Waals surface area contributed by atoms with E-state index in [0.29, 0.717) is 0 Å². The number of quaternary nitrogens is 1. The van der Waals surface area contributed by atoms with Gasteiger partial charge in [0.1, 0.15) is 11.4 Å². The zero-order valence-electron chi connectivity index (χ0n) is 13.8. The Labute approximate surface area is 149 Å². The Morgan fingerprint density at radius 1 is 1.33 bits per heavy atom. The van der Waals surface area contributed by atoms with Crippen molar-refractivity contribution in [3.8, 4) is 5.69 Å². The zero-order chi connectivity index (χ0) is 16.7. The molecule has 1 N–H and O–H groups in total. The summed E-state index contributed by atoms with van der Waals surface area (Å²) in [5.41, 5.74) is 2.21. The number of para-hydroxylation sites is 1. The number of likely N-dealkylation sites (N-methyl/N-ethyl adjacent to an activating group) is 1. The number of nitrogens with zero attached hydrogens (tertiary/aromatic N) is 2. The molecule has 3 aromatic rings. The Morgan fingerprint density at radius 3 is 2.88 bits per heavy atom. The summed E-state index contributed by atoms with van der Waals surface area (Å²) in [6, 6.07) is 9.86. The highest BCUT2D eigenvalue weighted by Gasteiger charge is 2.25. The Hall–Kier alpha value is -1.63. The number of hydrogen-bond donors (Lipinski definition) is 1. The molecule has 0 radical (unpaired) electrons. The summed E-state index contributed by atoms with van der Waals surface area (Å²) in [5.74, 6) is 0.892. The van der Waals surface area contributed by atoms with E-state index >= 15 is 0 Å². The highest BCUT2D eigenvalue weighted by atomic mass is 32.2. The number of fused-ring (bicyclic) bond motifs is 3. The second-order valence-electron chi connectivity index (χ2n) is 6.12. The molecule has 1 atom stereocenters. The molecule has 0 aliphatic carbocycles. The number of aromatic nitrogens is 2. The van der Waals surface area contributed by atoms with Gasteiger partial charge in [-0.2, -0.15) is 0 Å². The van der Waals surface area contributed by atoms with Crippen molar-refractivity contribution >= 4 is 33.3 Å². The van der Waals surface area contributed by atoms with Crippen LogP contribution >= 0.6 is 23.1 Å². The van der Waals surface area contributed by atoms with E-state index in [2.05, 4.69) is 14.0 Å². The van der Waals surface area contributed by atoms with E-state index in [9.17, 15) is 4.79 Å². The van der Waals surface area contributed by atoms with Crippen molar-refractivity contribution in [3.05, 3.63) is 51.1 Å². The van der Waals surface area contributed by atoms with Crippen molar-refractivity contribution in [3.63, 3.8) is 0 Å². The SMILES string of the molecule is CCSc1nc2sc3c(c2c(=O)n1-c1ccccc1)CC[NH+](C)C3. The lowest BCUT2D eigenvalue weighted by Gasteiger charge is -2.19. The van der Waals surface area contributed by atoms with Gasteiger partial charge in [-0.1, -0.05) is 36.9 Å². The van der Waals surface area contributed by atoms with E-state index in [1.807, 2.05) is 30.3 Å². The van der Waals surface area contributed by atoms with E-state index in [1.165, 1.54) is 15.3 Å². The van der Waals surface area contributed by atoms with Crippen molar-refractivity contribution in [2.75, 3.05) is 19.3 Å². The molecule has 0 spiro atoms. The van der Waals surface area contributed by atoms with Gasteiger partial charge in [0.2, 0.25) is 0 Å². The molecule has 0 bridgehead atoms. The van der Waals surface area contributed by atoms with Gasteiger partial charge >= 0.3 is 0 Å². The standard InChI is InChI=1S/C18H19N3OS2/c1-3-23-18-19-16-15(13-9-10-20(2)11-14(13)24-16)17(22)21(18)12-7-5-4-6-8-12/h4-8H,3,9-11H2,1-2H3/p+1. The summed E-state index contributed by atoms with van der Waals surface area (Å²) in [4.78, 5) is 22.0. The van der Waals surface area contributed by atoms with E-state index in [0.717, 1.165) is 46.3 Å². The van der Waals surface area contributed by atoms with Crippen molar-refractivity contribution in [1.82, 2.24) is 9.55 Å². The van der Waals surface area contributed by atoms with Gasteiger partial charge in [-0.25, -0.2) is 4.98 Å². The average molecular weight is 359 g/mol. The van der Waals surface area contributed by atoms with Gasteiger partial charge in [0.25, 0.3) is 5.56 Å². The molecule has 4 rings (SSSR count). The van der Waals surface area contributed by atoms with Crippen molar-refractivity contribution in [2.24, 2.45) is 0 Å². The maximum atomic E-state index is 13.3. The first kappa shape index (κ1) is 15.9. The Morgan fingerprint density at radius 2 is 2.12 bits per heavy atom. The van der Waals surface area contributed by atoms with E-state index in [-0.39, 0.29) is 5.56 Å². The first-order valence-corrected chi connectivity index (χ1v) is 10.1. The number of thiophene rings is 1. The van der Waals surface area contributed by atoms with Crippen LogP contribution in [0.5, 0.6) is 0 Å². The smallest absolute Gasteiger partial charge is 0.267 e. The fraction of sp³-hybridized carbons (Fsp3) is 0.333. The number of rotatable bonds is 3. The number of thioether (sulfide) groups is 1. The lowest BCUT2D eigenvalue weighted by Crippen LogP contribution is -3.08. The van der Waals surface area contributed by atoms with Crippen LogP contribution in [0.25, 0.3) is 15.9 Å². The first-order chi connectivity index (χ1) is 11.7. The summed E-state index contributed by atoms with van der Waals surface area (Å²) in [7, 11) is 2.21. The molecule has 0 amide bonds. The molecule has 3 heterocycles. The molecule has 6 heteroatoms. The number of hydrogen-bond acceptors (Lipinski definition) is 4. The lowest BCUT2D eigenvalue weighted by molar-refractivity contribution is -0.895. The second kappa shape index (κ2) is 6.35. The molecular weight excluding hydrogens is 338 g/mol. The van der Waals surface area contributed by atoms with Gasteiger partial charge in [0.05, 0.1) is 29.5 Å². The minimum Gasteiger partial charge on any atom is -0.333 e. The van der Waals surface area contributed by atoms with Crippen LogP contribution in [0.4, 0.5) is 0 Å². The molecule has 0 saturated carbocycles. The lowest BCUT2D eigenvalue weighted by atomic mass is 10.1. The summed E-state index contributed by atoms with van der Waals surface area (Å²) in [5, 5.41) is 1.63. The van der Waals surface area contributed by atoms with Gasteiger partial charge in [0.15, 0.2) is 5.16 Å². The van der Waals surface area contributed by atoms with Gasteiger partial charge < -0.3 is 4.90 Å². The molecular formula is C18H20N3OS2+. The maximum absolute atomic E-state index is 13.3. The zero-order valence-corrected chi connectivity index (χ0v) is 15.5. The average Bonchev–Trinajstić information content (AvgIpc) is 2.93. The maximum Gasteiger partial charge on any atom is 0.267 e. The minimum atomic E-state index is 0.0826. The van der Waals surface area contributed by atoms with Crippen LogP contribution in [0.2, 0.25) is 0 Å². The second-order valence-corrected chi connectivity index (χ2v) is 8.44. The fourth-order valence-electron chi connectivity index (χ4n) is 3.27. The highest BCUT2D eigenvalue weighted by molar-refractivity contribution is 7.99. The van der Waals surface area contributed by atoms with E-state index in [1.54, 1.807) is 27.7 Å². The normalized spacial score (nSPS) is 17.2. The van der Waals surface area contributed by atoms with Crippen molar-refractivity contribution in [1.29, 1.82) is 0 Å². The van der Waals surface area contributed by atoms with Gasteiger partial charge in [-0.05, 0) is 23.4 Å². The molecule has 24 heavy (non-hydrogen) atoms. The third-order valence-electron chi connectivity index (χ3n) is 4.43.